The van der Waals surface area contributed by atoms with Crippen molar-refractivity contribution >= 4 is 11.9 Å². The van der Waals surface area contributed by atoms with Crippen LogP contribution in [0.4, 0.5) is 4.39 Å². The number of aromatic carboxylic acids is 1. The molecule has 0 aliphatic rings. The minimum Gasteiger partial charge on any atom is -0.478 e. The van der Waals surface area contributed by atoms with Gasteiger partial charge < -0.3 is 10.4 Å². The van der Waals surface area contributed by atoms with Crippen LogP contribution in [-0.2, 0) is 4.79 Å². The number of nitrogens with one attached hydrogen (secondary N) is 1. The van der Waals surface area contributed by atoms with Crippen molar-refractivity contribution in [2.75, 3.05) is 6.54 Å². The van der Waals surface area contributed by atoms with Crippen molar-refractivity contribution in [2.45, 2.75) is 13.3 Å². The molecular formula is C13H12FNO3. The number of hydrogen-bond acceptors (Lipinski definition) is 2. The second kappa shape index (κ2) is 6.40. The van der Waals surface area contributed by atoms with Crippen LogP contribution in [0.25, 0.3) is 0 Å². The first-order chi connectivity index (χ1) is 8.50. The van der Waals surface area contributed by atoms with Gasteiger partial charge in [-0.1, -0.05) is 11.8 Å². The van der Waals surface area contributed by atoms with E-state index >= 15 is 0 Å². The summed E-state index contributed by atoms with van der Waals surface area (Å²) < 4.78 is 13.0. The SMILES string of the molecule is CC(=O)NCCC#Cc1cc(F)ccc1C(=O)O. The largest absolute Gasteiger partial charge is 0.478 e. The van der Waals surface area contributed by atoms with Crippen LogP contribution in [0.3, 0.4) is 0 Å². The Bertz CT molecular complexity index is 529. The van der Waals surface area contributed by atoms with Crippen molar-refractivity contribution in [3.63, 3.8) is 0 Å². The van der Waals surface area contributed by atoms with Gasteiger partial charge in [0.1, 0.15) is 5.82 Å². The lowest BCUT2D eigenvalue weighted by Gasteiger charge is -1.99. The average Bonchev–Trinajstić information content (AvgIpc) is 2.27. The molecule has 5 heteroatoms. The molecule has 0 bridgehead atoms. The van der Waals surface area contributed by atoms with Gasteiger partial charge in [0, 0.05) is 25.5 Å². The monoisotopic (exact) mass is 249 g/mol. The maximum atomic E-state index is 13.0. The molecule has 94 valence electrons. The maximum absolute atomic E-state index is 13.0. The third-order valence-corrected chi connectivity index (χ3v) is 2.06. The van der Waals surface area contributed by atoms with Crippen LogP contribution in [-0.4, -0.2) is 23.5 Å². The van der Waals surface area contributed by atoms with Crippen LogP contribution in [0.5, 0.6) is 0 Å². The number of carbonyl (C=O) groups is 2. The Morgan fingerprint density at radius 2 is 2.17 bits per heavy atom. The first kappa shape index (κ1) is 13.7. The second-order valence-corrected chi connectivity index (χ2v) is 3.53. The molecule has 0 spiro atoms. The Morgan fingerprint density at radius 3 is 2.78 bits per heavy atom. The van der Waals surface area contributed by atoms with E-state index in [0.29, 0.717) is 13.0 Å². The van der Waals surface area contributed by atoms with E-state index < -0.39 is 11.8 Å². The normalized spacial score (nSPS) is 9.22. The summed E-state index contributed by atoms with van der Waals surface area (Å²) in [5, 5.41) is 11.4. The minimum absolute atomic E-state index is 0.0385. The molecule has 4 nitrogen and oxygen atoms in total. The van der Waals surface area contributed by atoms with Gasteiger partial charge in [0.25, 0.3) is 0 Å². The van der Waals surface area contributed by atoms with Gasteiger partial charge in [0.15, 0.2) is 0 Å². The zero-order valence-corrected chi connectivity index (χ0v) is 9.79. The summed E-state index contributed by atoms with van der Waals surface area (Å²) in [6.07, 6.45) is 0.370. The molecule has 1 rings (SSSR count). The summed E-state index contributed by atoms with van der Waals surface area (Å²) in [5.41, 5.74) is 0.0914. The van der Waals surface area contributed by atoms with Crippen LogP contribution < -0.4 is 5.32 Å². The highest BCUT2D eigenvalue weighted by molar-refractivity contribution is 5.90. The molecule has 0 radical (unpaired) electrons. The standard InChI is InChI=1S/C13H12FNO3/c1-9(16)15-7-3-2-4-10-8-11(14)5-6-12(10)13(17)18/h5-6,8H,3,7H2,1H3,(H,15,16)(H,17,18). The van der Waals surface area contributed by atoms with E-state index in [-0.39, 0.29) is 17.0 Å². The van der Waals surface area contributed by atoms with E-state index in [4.69, 9.17) is 5.11 Å². The summed E-state index contributed by atoms with van der Waals surface area (Å²) in [6.45, 7) is 1.77. The van der Waals surface area contributed by atoms with Gasteiger partial charge in [-0.3, -0.25) is 4.79 Å². The summed E-state index contributed by atoms with van der Waals surface area (Å²) in [7, 11) is 0. The molecule has 0 saturated carbocycles. The Labute approximate surface area is 104 Å². The average molecular weight is 249 g/mol. The van der Waals surface area contributed by atoms with Crippen LogP contribution in [0, 0.1) is 17.7 Å². The fraction of sp³-hybridized carbons (Fsp3) is 0.231. The maximum Gasteiger partial charge on any atom is 0.336 e. The number of benzene rings is 1. The first-order valence-electron chi connectivity index (χ1n) is 5.27. The van der Waals surface area contributed by atoms with E-state index in [1.807, 2.05) is 0 Å². The second-order valence-electron chi connectivity index (χ2n) is 3.53. The fourth-order valence-corrected chi connectivity index (χ4v) is 1.27. The minimum atomic E-state index is -1.15. The zero-order chi connectivity index (χ0) is 13.5. The molecule has 0 heterocycles. The third-order valence-electron chi connectivity index (χ3n) is 2.06. The number of amides is 1. The quantitative estimate of drug-likeness (QED) is 0.628. The Morgan fingerprint density at radius 1 is 1.44 bits per heavy atom. The summed E-state index contributed by atoms with van der Waals surface area (Å²) in [5.74, 6) is 3.43. The van der Waals surface area contributed by atoms with Gasteiger partial charge in [-0.2, -0.15) is 0 Å². The van der Waals surface area contributed by atoms with Crippen molar-refractivity contribution in [3.8, 4) is 11.8 Å². The van der Waals surface area contributed by atoms with Crippen LogP contribution in [0.1, 0.15) is 29.3 Å². The predicted molar refractivity (Wildman–Crippen MR) is 63.5 cm³/mol. The van der Waals surface area contributed by atoms with E-state index in [1.54, 1.807) is 0 Å². The molecule has 0 aromatic heterocycles. The van der Waals surface area contributed by atoms with Crippen molar-refractivity contribution in [3.05, 3.63) is 35.1 Å². The topological polar surface area (TPSA) is 66.4 Å². The lowest BCUT2D eigenvalue weighted by atomic mass is 10.1. The van der Waals surface area contributed by atoms with E-state index in [1.165, 1.54) is 13.0 Å². The Hall–Kier alpha value is -2.35. The smallest absolute Gasteiger partial charge is 0.336 e. The van der Waals surface area contributed by atoms with Crippen LogP contribution in [0.2, 0.25) is 0 Å². The molecule has 2 N–H and O–H groups in total. The molecule has 1 aromatic carbocycles. The predicted octanol–water partition coefficient (Wildman–Crippen LogP) is 1.40. The molecule has 0 unspecified atom stereocenters. The van der Waals surface area contributed by atoms with E-state index in [9.17, 15) is 14.0 Å². The molecular weight excluding hydrogens is 237 g/mol. The van der Waals surface area contributed by atoms with Crippen molar-refractivity contribution in [1.82, 2.24) is 5.32 Å². The highest BCUT2D eigenvalue weighted by Gasteiger charge is 2.08. The number of hydrogen-bond donors (Lipinski definition) is 2. The van der Waals surface area contributed by atoms with E-state index in [2.05, 4.69) is 17.2 Å². The molecule has 0 fully saturated rings. The summed E-state index contributed by atoms with van der Waals surface area (Å²) >= 11 is 0. The summed E-state index contributed by atoms with van der Waals surface area (Å²) in [4.78, 5) is 21.4. The Balaban J connectivity index is 2.77. The highest BCUT2D eigenvalue weighted by atomic mass is 19.1. The van der Waals surface area contributed by atoms with E-state index in [0.717, 1.165) is 12.1 Å². The van der Waals surface area contributed by atoms with Crippen molar-refractivity contribution in [2.24, 2.45) is 0 Å². The summed E-state index contributed by atoms with van der Waals surface area (Å²) in [6, 6.07) is 3.33. The molecule has 1 aromatic rings. The third kappa shape index (κ3) is 4.26. The van der Waals surface area contributed by atoms with Gasteiger partial charge in [-0.25, -0.2) is 9.18 Å². The van der Waals surface area contributed by atoms with Crippen molar-refractivity contribution < 1.29 is 19.1 Å². The van der Waals surface area contributed by atoms with Gasteiger partial charge in [0.05, 0.1) is 5.56 Å². The number of carboxylic acid groups (broad SMARTS) is 1. The van der Waals surface area contributed by atoms with Crippen LogP contribution in [0.15, 0.2) is 18.2 Å². The van der Waals surface area contributed by atoms with Crippen LogP contribution >= 0.6 is 0 Å². The first-order valence-corrected chi connectivity index (χ1v) is 5.27. The Kier molecular flexibility index (Phi) is 4.88. The lowest BCUT2D eigenvalue weighted by Crippen LogP contribution is -2.20. The van der Waals surface area contributed by atoms with Crippen molar-refractivity contribution in [1.29, 1.82) is 0 Å². The van der Waals surface area contributed by atoms with Gasteiger partial charge in [-0.05, 0) is 18.2 Å². The number of carboxylic acids is 1. The molecule has 1 amide bonds. The molecule has 0 aliphatic carbocycles. The lowest BCUT2D eigenvalue weighted by molar-refractivity contribution is -0.118. The fourth-order valence-electron chi connectivity index (χ4n) is 1.27. The van der Waals surface area contributed by atoms with Gasteiger partial charge in [0.2, 0.25) is 5.91 Å². The molecule has 18 heavy (non-hydrogen) atoms. The molecule has 0 saturated heterocycles. The highest BCUT2D eigenvalue weighted by Crippen LogP contribution is 2.10. The van der Waals surface area contributed by atoms with Gasteiger partial charge in [-0.15, -0.1) is 0 Å². The number of carbonyl (C=O) groups excluding carboxylic acids is 1. The number of halogens is 1. The molecule has 0 aliphatic heterocycles. The number of rotatable bonds is 3. The zero-order valence-electron chi connectivity index (χ0n) is 9.79. The van der Waals surface area contributed by atoms with Gasteiger partial charge >= 0.3 is 5.97 Å². The molecule has 0 atom stereocenters.